The Bertz CT molecular complexity index is 689. The maximum Gasteiger partial charge on any atom is 0.407 e. The number of carbonyl (C=O) groups is 1. The molecule has 2 aliphatic carbocycles. The third-order valence-electron chi connectivity index (χ3n) is 5.07. The molecule has 0 heterocycles. The standard InChI is InChI=1S/C23H31NO3/c1-22(2,3)27-21(25)24-20-15-23(20,14-18-10-6-4-7-11-18)17-26-16-19-12-8-5-9-13-19/h4-12,19-20H,13-17H2,1-3H3,(H,24,25). The zero-order valence-electron chi connectivity index (χ0n) is 16.6. The van der Waals surface area contributed by atoms with Crippen LogP contribution in [-0.2, 0) is 15.9 Å². The van der Waals surface area contributed by atoms with Crippen molar-refractivity contribution in [3.8, 4) is 0 Å². The molecule has 2 aliphatic rings. The molecule has 0 bridgehead atoms. The van der Waals surface area contributed by atoms with Crippen molar-refractivity contribution in [2.75, 3.05) is 13.2 Å². The Balaban J connectivity index is 1.57. The molecule has 4 nitrogen and oxygen atoms in total. The molecule has 3 rings (SSSR count). The zero-order chi connectivity index (χ0) is 19.3. The molecule has 3 atom stereocenters. The van der Waals surface area contributed by atoms with E-state index >= 15 is 0 Å². The highest BCUT2D eigenvalue weighted by Crippen LogP contribution is 2.49. The van der Waals surface area contributed by atoms with Gasteiger partial charge in [-0.05, 0) is 45.6 Å². The largest absolute Gasteiger partial charge is 0.444 e. The third-order valence-corrected chi connectivity index (χ3v) is 5.07. The van der Waals surface area contributed by atoms with E-state index in [1.165, 1.54) is 5.56 Å². The van der Waals surface area contributed by atoms with Gasteiger partial charge in [-0.25, -0.2) is 4.79 Å². The molecule has 4 heteroatoms. The normalized spacial score (nSPS) is 26.6. The molecule has 1 N–H and O–H groups in total. The van der Waals surface area contributed by atoms with Crippen LogP contribution >= 0.6 is 0 Å². The monoisotopic (exact) mass is 369 g/mol. The average Bonchev–Trinajstić information content (AvgIpc) is 3.26. The lowest BCUT2D eigenvalue weighted by Gasteiger charge is -2.22. The van der Waals surface area contributed by atoms with Gasteiger partial charge < -0.3 is 14.8 Å². The Kier molecular flexibility index (Phi) is 6.05. The summed E-state index contributed by atoms with van der Waals surface area (Å²) in [5.41, 5.74) is 0.736. The number of rotatable bonds is 7. The van der Waals surface area contributed by atoms with Crippen LogP contribution in [0.5, 0.6) is 0 Å². The van der Waals surface area contributed by atoms with E-state index in [9.17, 15) is 4.79 Å². The van der Waals surface area contributed by atoms with E-state index in [1.807, 2.05) is 26.8 Å². The Morgan fingerprint density at radius 1 is 1.22 bits per heavy atom. The fourth-order valence-electron chi connectivity index (χ4n) is 3.58. The van der Waals surface area contributed by atoms with Crippen LogP contribution < -0.4 is 5.32 Å². The number of hydrogen-bond acceptors (Lipinski definition) is 3. The molecule has 0 aliphatic heterocycles. The van der Waals surface area contributed by atoms with Crippen LogP contribution in [0.25, 0.3) is 0 Å². The van der Waals surface area contributed by atoms with Crippen molar-refractivity contribution in [3.63, 3.8) is 0 Å². The predicted octanol–water partition coefficient (Wildman–Crippen LogP) is 4.66. The number of hydrogen-bond donors (Lipinski definition) is 1. The lowest BCUT2D eigenvalue weighted by atomic mass is 9.96. The Morgan fingerprint density at radius 3 is 2.67 bits per heavy atom. The van der Waals surface area contributed by atoms with Crippen LogP contribution in [0, 0.1) is 11.3 Å². The fourth-order valence-corrected chi connectivity index (χ4v) is 3.58. The quantitative estimate of drug-likeness (QED) is 0.760. The lowest BCUT2D eigenvalue weighted by Crippen LogP contribution is -2.37. The van der Waals surface area contributed by atoms with Crippen LogP contribution in [0.3, 0.4) is 0 Å². The van der Waals surface area contributed by atoms with Gasteiger partial charge in [0.1, 0.15) is 5.60 Å². The van der Waals surface area contributed by atoms with Crippen LogP contribution in [0.15, 0.2) is 54.6 Å². The number of alkyl carbamates (subject to hydrolysis) is 1. The highest BCUT2D eigenvalue weighted by atomic mass is 16.6. The average molecular weight is 370 g/mol. The molecule has 1 aromatic carbocycles. The first-order valence-corrected chi connectivity index (χ1v) is 9.81. The van der Waals surface area contributed by atoms with Crippen molar-refractivity contribution in [1.29, 1.82) is 0 Å². The van der Waals surface area contributed by atoms with E-state index in [2.05, 4.69) is 53.9 Å². The molecule has 0 saturated heterocycles. The van der Waals surface area contributed by atoms with Gasteiger partial charge in [-0.2, -0.15) is 0 Å². The minimum Gasteiger partial charge on any atom is -0.444 e. The van der Waals surface area contributed by atoms with E-state index in [0.29, 0.717) is 12.5 Å². The van der Waals surface area contributed by atoms with E-state index in [1.54, 1.807) is 0 Å². The summed E-state index contributed by atoms with van der Waals surface area (Å²) < 4.78 is 11.5. The predicted molar refractivity (Wildman–Crippen MR) is 108 cm³/mol. The smallest absolute Gasteiger partial charge is 0.407 e. The Labute approximate surface area is 162 Å². The fraction of sp³-hybridized carbons (Fsp3) is 0.522. The van der Waals surface area contributed by atoms with Crippen molar-refractivity contribution in [2.24, 2.45) is 11.3 Å². The van der Waals surface area contributed by atoms with Gasteiger partial charge in [0.2, 0.25) is 0 Å². The molecule has 1 amide bonds. The van der Waals surface area contributed by atoms with Crippen LogP contribution in [0.1, 0.15) is 39.2 Å². The van der Waals surface area contributed by atoms with Gasteiger partial charge in [0.05, 0.1) is 13.2 Å². The maximum absolute atomic E-state index is 12.2. The SMILES string of the molecule is CC(C)(C)OC(=O)NC1CC1(COCC1C=CC=CC1)Cc1ccccc1. The van der Waals surface area contributed by atoms with Crippen molar-refractivity contribution in [2.45, 2.75) is 51.7 Å². The minimum atomic E-state index is -0.488. The van der Waals surface area contributed by atoms with E-state index in [-0.39, 0.29) is 17.6 Å². The molecular formula is C23H31NO3. The molecule has 27 heavy (non-hydrogen) atoms. The third kappa shape index (κ3) is 5.96. The van der Waals surface area contributed by atoms with Crippen LogP contribution in [0.2, 0.25) is 0 Å². The highest BCUT2D eigenvalue weighted by Gasteiger charge is 2.55. The Morgan fingerprint density at radius 2 is 2.00 bits per heavy atom. The second-order valence-corrected chi connectivity index (χ2v) is 8.75. The Hall–Kier alpha value is -2.07. The summed E-state index contributed by atoms with van der Waals surface area (Å²) in [6.45, 7) is 7.01. The topological polar surface area (TPSA) is 47.6 Å². The van der Waals surface area contributed by atoms with E-state index in [4.69, 9.17) is 9.47 Å². The summed E-state index contributed by atoms with van der Waals surface area (Å²) in [5.74, 6) is 0.444. The first-order chi connectivity index (χ1) is 12.9. The lowest BCUT2D eigenvalue weighted by molar-refractivity contribution is 0.0476. The van der Waals surface area contributed by atoms with E-state index < -0.39 is 5.60 Å². The van der Waals surface area contributed by atoms with Crippen molar-refractivity contribution >= 4 is 6.09 Å². The highest BCUT2D eigenvalue weighted by molar-refractivity contribution is 5.69. The van der Waals surface area contributed by atoms with Gasteiger partial charge in [-0.1, -0.05) is 54.6 Å². The van der Waals surface area contributed by atoms with Gasteiger partial charge in [-0.3, -0.25) is 0 Å². The molecule has 146 valence electrons. The second-order valence-electron chi connectivity index (χ2n) is 8.75. The summed E-state index contributed by atoms with van der Waals surface area (Å²) in [6.07, 6.45) is 11.0. The molecular weight excluding hydrogens is 338 g/mol. The van der Waals surface area contributed by atoms with Gasteiger partial charge in [0, 0.05) is 17.4 Å². The number of allylic oxidation sites excluding steroid dienone is 3. The second kappa shape index (κ2) is 8.30. The summed E-state index contributed by atoms with van der Waals surface area (Å²) in [6, 6.07) is 10.5. The number of amides is 1. The first kappa shape index (κ1) is 19.7. The van der Waals surface area contributed by atoms with Gasteiger partial charge in [0.15, 0.2) is 0 Å². The molecule has 0 radical (unpaired) electrons. The van der Waals surface area contributed by atoms with Crippen molar-refractivity contribution in [3.05, 3.63) is 60.2 Å². The van der Waals surface area contributed by atoms with E-state index in [0.717, 1.165) is 25.9 Å². The summed E-state index contributed by atoms with van der Waals surface area (Å²) in [7, 11) is 0. The summed E-state index contributed by atoms with van der Waals surface area (Å²) in [4.78, 5) is 12.2. The van der Waals surface area contributed by atoms with Gasteiger partial charge in [0.25, 0.3) is 0 Å². The summed E-state index contributed by atoms with van der Waals surface area (Å²) >= 11 is 0. The van der Waals surface area contributed by atoms with Crippen molar-refractivity contribution < 1.29 is 14.3 Å². The number of ether oxygens (including phenoxy) is 2. The maximum atomic E-state index is 12.2. The summed E-state index contributed by atoms with van der Waals surface area (Å²) in [5, 5.41) is 3.04. The number of benzene rings is 1. The molecule has 1 fully saturated rings. The van der Waals surface area contributed by atoms with Crippen LogP contribution in [0.4, 0.5) is 4.79 Å². The molecule has 1 saturated carbocycles. The zero-order valence-corrected chi connectivity index (χ0v) is 16.6. The van der Waals surface area contributed by atoms with Gasteiger partial charge in [-0.15, -0.1) is 0 Å². The van der Waals surface area contributed by atoms with Crippen LogP contribution in [-0.4, -0.2) is 30.9 Å². The molecule has 3 unspecified atom stereocenters. The molecule has 0 aromatic heterocycles. The number of carbonyl (C=O) groups excluding carboxylic acids is 1. The molecule has 0 spiro atoms. The molecule has 1 aromatic rings. The van der Waals surface area contributed by atoms with Gasteiger partial charge >= 0.3 is 6.09 Å². The minimum absolute atomic E-state index is 0.0491. The number of nitrogens with one attached hydrogen (secondary N) is 1. The van der Waals surface area contributed by atoms with Crippen molar-refractivity contribution in [1.82, 2.24) is 5.32 Å². The first-order valence-electron chi connectivity index (χ1n) is 9.81.